The van der Waals surface area contributed by atoms with Gasteiger partial charge in [-0.2, -0.15) is 0 Å². The van der Waals surface area contributed by atoms with E-state index in [0.717, 1.165) is 6.26 Å². The number of anilines is 2. The van der Waals surface area contributed by atoms with Crippen LogP contribution in [0.25, 0.3) is 0 Å². The SMILES string of the molecule is CS(=O)(=O)Nc1ccccc1NC(=O)CCc1ccccc1F. The molecule has 0 heterocycles. The third kappa shape index (κ3) is 5.37. The van der Waals surface area contributed by atoms with Gasteiger partial charge in [-0.05, 0) is 30.2 Å². The van der Waals surface area contributed by atoms with Crippen LogP contribution in [0.1, 0.15) is 12.0 Å². The number of benzene rings is 2. The number of nitrogens with one attached hydrogen (secondary N) is 2. The summed E-state index contributed by atoms with van der Waals surface area (Å²) in [6.45, 7) is 0. The predicted octanol–water partition coefficient (Wildman–Crippen LogP) is 2.77. The van der Waals surface area contributed by atoms with Gasteiger partial charge in [-0.1, -0.05) is 30.3 Å². The summed E-state index contributed by atoms with van der Waals surface area (Å²) in [5.74, 6) is -0.671. The van der Waals surface area contributed by atoms with Crippen LogP contribution in [0.5, 0.6) is 0 Å². The van der Waals surface area contributed by atoms with Crippen LogP contribution in [0.4, 0.5) is 15.8 Å². The highest BCUT2D eigenvalue weighted by atomic mass is 32.2. The highest BCUT2D eigenvalue weighted by Crippen LogP contribution is 2.22. The van der Waals surface area contributed by atoms with Crippen LogP contribution in [-0.2, 0) is 21.2 Å². The molecule has 23 heavy (non-hydrogen) atoms. The minimum atomic E-state index is -3.45. The first-order valence-corrected chi connectivity index (χ1v) is 8.84. The number of para-hydroxylation sites is 2. The predicted molar refractivity (Wildman–Crippen MR) is 88.3 cm³/mol. The Morgan fingerprint density at radius 1 is 1.04 bits per heavy atom. The first-order valence-electron chi connectivity index (χ1n) is 6.95. The topological polar surface area (TPSA) is 75.3 Å². The Balaban J connectivity index is 2.02. The van der Waals surface area contributed by atoms with E-state index in [0.29, 0.717) is 11.3 Å². The summed E-state index contributed by atoms with van der Waals surface area (Å²) in [7, 11) is -3.45. The first-order chi connectivity index (χ1) is 10.8. The third-order valence-corrected chi connectivity index (χ3v) is 3.67. The van der Waals surface area contributed by atoms with Gasteiger partial charge in [0.05, 0.1) is 17.6 Å². The fourth-order valence-electron chi connectivity index (χ4n) is 2.04. The lowest BCUT2D eigenvalue weighted by molar-refractivity contribution is -0.116. The highest BCUT2D eigenvalue weighted by molar-refractivity contribution is 7.92. The Labute approximate surface area is 134 Å². The molecule has 2 N–H and O–H groups in total. The molecular formula is C16H17FN2O3S. The second kappa shape index (κ2) is 7.23. The molecule has 0 saturated carbocycles. The van der Waals surface area contributed by atoms with E-state index in [-0.39, 0.29) is 30.3 Å². The molecule has 0 radical (unpaired) electrons. The minimum absolute atomic E-state index is 0.0914. The summed E-state index contributed by atoms with van der Waals surface area (Å²) < 4.78 is 38.5. The smallest absolute Gasteiger partial charge is 0.229 e. The molecule has 122 valence electrons. The van der Waals surface area contributed by atoms with Gasteiger partial charge < -0.3 is 5.32 Å². The van der Waals surface area contributed by atoms with E-state index in [9.17, 15) is 17.6 Å². The maximum Gasteiger partial charge on any atom is 0.229 e. The lowest BCUT2D eigenvalue weighted by Gasteiger charge is -2.12. The van der Waals surface area contributed by atoms with E-state index in [1.807, 2.05) is 0 Å². The highest BCUT2D eigenvalue weighted by Gasteiger charge is 2.10. The quantitative estimate of drug-likeness (QED) is 0.852. The summed E-state index contributed by atoms with van der Waals surface area (Å²) in [6.07, 6.45) is 1.39. The molecule has 1 amide bonds. The molecule has 0 bridgehead atoms. The molecule has 0 atom stereocenters. The van der Waals surface area contributed by atoms with Crippen molar-refractivity contribution < 1.29 is 17.6 Å². The zero-order chi connectivity index (χ0) is 16.9. The average Bonchev–Trinajstić information content (AvgIpc) is 2.47. The Hall–Kier alpha value is -2.41. The molecule has 5 nitrogen and oxygen atoms in total. The maximum atomic E-state index is 13.5. The number of halogens is 1. The molecule has 0 fully saturated rings. The number of rotatable bonds is 6. The van der Waals surface area contributed by atoms with E-state index < -0.39 is 10.0 Å². The molecule has 2 aromatic carbocycles. The summed E-state index contributed by atoms with van der Waals surface area (Å²) >= 11 is 0. The number of carbonyl (C=O) groups is 1. The summed E-state index contributed by atoms with van der Waals surface area (Å²) in [4.78, 5) is 12.0. The fraction of sp³-hybridized carbons (Fsp3) is 0.188. The zero-order valence-corrected chi connectivity index (χ0v) is 13.4. The van der Waals surface area contributed by atoms with Crippen molar-refractivity contribution in [2.24, 2.45) is 0 Å². The molecule has 2 aromatic rings. The van der Waals surface area contributed by atoms with Gasteiger partial charge in [0, 0.05) is 6.42 Å². The minimum Gasteiger partial charge on any atom is -0.324 e. The molecule has 0 aliphatic rings. The van der Waals surface area contributed by atoms with Gasteiger partial charge in [-0.3, -0.25) is 9.52 Å². The zero-order valence-electron chi connectivity index (χ0n) is 12.5. The Morgan fingerprint density at radius 2 is 1.65 bits per heavy atom. The van der Waals surface area contributed by atoms with Gasteiger partial charge in [0.25, 0.3) is 0 Å². The monoisotopic (exact) mass is 336 g/mol. The van der Waals surface area contributed by atoms with E-state index >= 15 is 0 Å². The van der Waals surface area contributed by atoms with Crippen LogP contribution in [-0.4, -0.2) is 20.6 Å². The molecule has 0 unspecified atom stereocenters. The maximum absolute atomic E-state index is 13.5. The molecule has 0 aromatic heterocycles. The van der Waals surface area contributed by atoms with Crippen molar-refractivity contribution >= 4 is 27.3 Å². The Morgan fingerprint density at radius 3 is 2.30 bits per heavy atom. The van der Waals surface area contributed by atoms with Crippen molar-refractivity contribution in [3.8, 4) is 0 Å². The van der Waals surface area contributed by atoms with Gasteiger partial charge >= 0.3 is 0 Å². The summed E-state index contributed by atoms with van der Waals surface area (Å²) in [6, 6.07) is 12.7. The third-order valence-electron chi connectivity index (χ3n) is 3.08. The van der Waals surface area contributed by atoms with Crippen molar-refractivity contribution in [2.75, 3.05) is 16.3 Å². The van der Waals surface area contributed by atoms with Gasteiger partial charge in [0.15, 0.2) is 0 Å². The van der Waals surface area contributed by atoms with Crippen molar-refractivity contribution in [3.05, 3.63) is 59.9 Å². The van der Waals surface area contributed by atoms with Crippen LogP contribution in [0.2, 0.25) is 0 Å². The van der Waals surface area contributed by atoms with Gasteiger partial charge in [0.1, 0.15) is 5.82 Å². The molecule has 2 rings (SSSR count). The van der Waals surface area contributed by atoms with E-state index in [4.69, 9.17) is 0 Å². The van der Waals surface area contributed by atoms with E-state index in [1.54, 1.807) is 42.5 Å². The average molecular weight is 336 g/mol. The van der Waals surface area contributed by atoms with E-state index in [1.165, 1.54) is 6.07 Å². The van der Waals surface area contributed by atoms with Crippen molar-refractivity contribution in [2.45, 2.75) is 12.8 Å². The van der Waals surface area contributed by atoms with Gasteiger partial charge in [-0.25, -0.2) is 12.8 Å². The lowest BCUT2D eigenvalue weighted by Crippen LogP contribution is -2.16. The molecule has 7 heteroatoms. The molecule has 0 aliphatic heterocycles. The molecule has 0 aliphatic carbocycles. The van der Waals surface area contributed by atoms with Crippen LogP contribution in [0.15, 0.2) is 48.5 Å². The lowest BCUT2D eigenvalue weighted by atomic mass is 10.1. The van der Waals surface area contributed by atoms with Crippen LogP contribution in [0, 0.1) is 5.82 Å². The summed E-state index contributed by atoms with van der Waals surface area (Å²) in [5, 5.41) is 2.63. The number of hydrogen-bond acceptors (Lipinski definition) is 3. The van der Waals surface area contributed by atoms with Gasteiger partial charge in [-0.15, -0.1) is 0 Å². The van der Waals surface area contributed by atoms with Gasteiger partial charge in [0.2, 0.25) is 15.9 Å². The molecular weight excluding hydrogens is 319 g/mol. The van der Waals surface area contributed by atoms with Crippen molar-refractivity contribution in [3.63, 3.8) is 0 Å². The number of amides is 1. The number of hydrogen-bond donors (Lipinski definition) is 2. The second-order valence-electron chi connectivity index (χ2n) is 5.06. The Kier molecular flexibility index (Phi) is 5.33. The van der Waals surface area contributed by atoms with E-state index in [2.05, 4.69) is 10.0 Å². The first kappa shape index (κ1) is 17.0. The van der Waals surface area contributed by atoms with Crippen molar-refractivity contribution in [1.29, 1.82) is 0 Å². The fourth-order valence-corrected chi connectivity index (χ4v) is 2.62. The standard InChI is InChI=1S/C16H17FN2O3S/c1-23(21,22)19-15-9-5-4-8-14(15)18-16(20)11-10-12-6-2-3-7-13(12)17/h2-9,19H,10-11H2,1H3,(H,18,20). The van der Waals surface area contributed by atoms with Crippen molar-refractivity contribution in [1.82, 2.24) is 0 Å². The van der Waals surface area contributed by atoms with Crippen LogP contribution < -0.4 is 10.0 Å². The number of aryl methyl sites for hydroxylation is 1. The second-order valence-corrected chi connectivity index (χ2v) is 6.81. The van der Waals surface area contributed by atoms with Crippen LogP contribution in [0.3, 0.4) is 0 Å². The summed E-state index contributed by atoms with van der Waals surface area (Å²) in [5.41, 5.74) is 1.11. The normalized spacial score (nSPS) is 11.0. The number of carbonyl (C=O) groups excluding carboxylic acids is 1. The molecule has 0 saturated heterocycles. The Bertz CT molecular complexity index is 806. The molecule has 0 spiro atoms. The van der Waals surface area contributed by atoms with Crippen LogP contribution >= 0.6 is 0 Å². The largest absolute Gasteiger partial charge is 0.324 e. The number of sulfonamides is 1.